The zero-order valence-corrected chi connectivity index (χ0v) is 18.8. The number of aromatic nitrogens is 2. The molecule has 7 heteroatoms. The van der Waals surface area contributed by atoms with Crippen molar-refractivity contribution in [2.24, 2.45) is 0 Å². The Hall–Kier alpha value is -3.58. The second-order valence-corrected chi connectivity index (χ2v) is 7.94. The van der Waals surface area contributed by atoms with E-state index in [0.717, 1.165) is 28.1 Å². The maximum absolute atomic E-state index is 11.3. The molecule has 0 aliphatic carbocycles. The molecular weight excluding hydrogens is 424 g/mol. The number of aryl methyl sites for hydroxylation is 2. The lowest BCUT2D eigenvalue weighted by molar-refractivity contribution is 0.0697. The number of furan rings is 1. The van der Waals surface area contributed by atoms with E-state index in [4.69, 9.17) is 21.8 Å². The number of ether oxygens (including phenoxy) is 1. The standard InChI is InChI=1S/C25H22N2O4S/c1-14-11-15(2)27-24(26-14)23(32)20-13-21(18-5-4-6-19(12-18)30-3)31-22(20)16-7-9-17(10-8-16)25(28)29/h4-13,23,32H,1-3H3,(H,28,29). The zero-order chi connectivity index (χ0) is 22.8. The molecule has 162 valence electrons. The largest absolute Gasteiger partial charge is 0.497 e. The molecule has 6 nitrogen and oxygen atoms in total. The molecule has 0 saturated carbocycles. The highest BCUT2D eigenvalue weighted by atomic mass is 32.1. The summed E-state index contributed by atoms with van der Waals surface area (Å²) in [6.45, 7) is 3.84. The third-order valence-corrected chi connectivity index (χ3v) is 5.56. The lowest BCUT2D eigenvalue weighted by atomic mass is 10.0. The number of hydrogen-bond acceptors (Lipinski definition) is 6. The van der Waals surface area contributed by atoms with E-state index < -0.39 is 11.2 Å². The summed E-state index contributed by atoms with van der Waals surface area (Å²) in [6, 6.07) is 18.0. The van der Waals surface area contributed by atoms with Crippen molar-refractivity contribution in [1.82, 2.24) is 9.97 Å². The molecule has 4 aromatic rings. The summed E-state index contributed by atoms with van der Waals surface area (Å²) in [5.74, 6) is 1.53. The Morgan fingerprint density at radius 3 is 2.31 bits per heavy atom. The van der Waals surface area contributed by atoms with Crippen LogP contribution in [0, 0.1) is 13.8 Å². The van der Waals surface area contributed by atoms with Crippen LogP contribution in [0.4, 0.5) is 0 Å². The highest BCUT2D eigenvalue weighted by molar-refractivity contribution is 7.80. The van der Waals surface area contributed by atoms with Crippen molar-refractivity contribution in [2.45, 2.75) is 19.1 Å². The monoisotopic (exact) mass is 446 g/mol. The van der Waals surface area contributed by atoms with Crippen LogP contribution in [-0.4, -0.2) is 28.2 Å². The lowest BCUT2D eigenvalue weighted by Gasteiger charge is -2.11. The number of thiol groups is 1. The van der Waals surface area contributed by atoms with Crippen LogP contribution in [0.1, 0.15) is 38.4 Å². The number of carboxylic acid groups (broad SMARTS) is 1. The summed E-state index contributed by atoms with van der Waals surface area (Å²) in [5, 5.41) is 8.79. The van der Waals surface area contributed by atoms with Gasteiger partial charge < -0.3 is 14.3 Å². The molecule has 4 rings (SSSR count). The van der Waals surface area contributed by atoms with E-state index in [9.17, 15) is 9.90 Å². The minimum atomic E-state index is -0.982. The predicted octanol–water partition coefficient (Wildman–Crippen LogP) is 5.75. The quantitative estimate of drug-likeness (QED) is 0.367. The molecule has 1 N–H and O–H groups in total. The fourth-order valence-electron chi connectivity index (χ4n) is 3.53. The molecule has 1 unspecified atom stereocenters. The molecule has 0 fully saturated rings. The van der Waals surface area contributed by atoms with Crippen LogP contribution in [0.2, 0.25) is 0 Å². The van der Waals surface area contributed by atoms with E-state index in [1.165, 1.54) is 0 Å². The number of carbonyl (C=O) groups is 1. The highest BCUT2D eigenvalue weighted by Gasteiger charge is 2.24. The van der Waals surface area contributed by atoms with E-state index in [1.54, 1.807) is 31.4 Å². The van der Waals surface area contributed by atoms with Crippen LogP contribution in [0.3, 0.4) is 0 Å². The second-order valence-electron chi connectivity index (χ2n) is 7.42. The molecule has 0 aliphatic rings. The molecule has 2 aromatic carbocycles. The number of methoxy groups -OCH3 is 1. The number of hydrogen-bond donors (Lipinski definition) is 2. The Morgan fingerprint density at radius 1 is 1.00 bits per heavy atom. The van der Waals surface area contributed by atoms with Crippen LogP contribution >= 0.6 is 12.6 Å². The summed E-state index contributed by atoms with van der Waals surface area (Å²) >= 11 is 4.84. The van der Waals surface area contributed by atoms with Crippen molar-refractivity contribution in [2.75, 3.05) is 7.11 Å². The van der Waals surface area contributed by atoms with E-state index in [-0.39, 0.29) is 5.56 Å². The van der Waals surface area contributed by atoms with Gasteiger partial charge in [-0.25, -0.2) is 14.8 Å². The first-order valence-corrected chi connectivity index (χ1v) is 10.5. The third-order valence-electron chi connectivity index (χ3n) is 5.05. The van der Waals surface area contributed by atoms with Crippen LogP contribution in [0.25, 0.3) is 22.6 Å². The molecule has 32 heavy (non-hydrogen) atoms. The SMILES string of the molecule is COc1cccc(-c2cc(C(S)c3nc(C)cc(C)n3)c(-c3ccc(C(=O)O)cc3)o2)c1. The van der Waals surface area contributed by atoms with Gasteiger partial charge >= 0.3 is 5.97 Å². The minimum Gasteiger partial charge on any atom is -0.497 e. The normalized spacial score (nSPS) is 11.9. The molecular formula is C25H22N2O4S. The second kappa shape index (κ2) is 8.88. The highest BCUT2D eigenvalue weighted by Crippen LogP contribution is 2.40. The average Bonchev–Trinajstić information content (AvgIpc) is 3.23. The smallest absolute Gasteiger partial charge is 0.335 e. The predicted molar refractivity (Wildman–Crippen MR) is 125 cm³/mol. The number of rotatable bonds is 6. The summed E-state index contributed by atoms with van der Waals surface area (Å²) in [7, 11) is 1.61. The zero-order valence-electron chi connectivity index (χ0n) is 17.9. The fraction of sp³-hybridized carbons (Fsp3) is 0.160. The summed E-state index contributed by atoms with van der Waals surface area (Å²) in [5.41, 5.74) is 4.29. The minimum absolute atomic E-state index is 0.204. The first kappa shape index (κ1) is 21.6. The van der Waals surface area contributed by atoms with Gasteiger partial charge in [-0.1, -0.05) is 24.3 Å². The van der Waals surface area contributed by atoms with Gasteiger partial charge in [-0.05, 0) is 50.2 Å². The van der Waals surface area contributed by atoms with Crippen LogP contribution in [0.15, 0.2) is 65.1 Å². The van der Waals surface area contributed by atoms with Gasteiger partial charge in [-0.3, -0.25) is 0 Å². The van der Waals surface area contributed by atoms with Crippen molar-refractivity contribution in [1.29, 1.82) is 0 Å². The summed E-state index contributed by atoms with van der Waals surface area (Å²) < 4.78 is 11.6. The molecule has 0 amide bonds. The number of carboxylic acids is 1. The topological polar surface area (TPSA) is 85.5 Å². The molecule has 0 aliphatic heterocycles. The third kappa shape index (κ3) is 4.38. The average molecular weight is 447 g/mol. The maximum Gasteiger partial charge on any atom is 0.335 e. The van der Waals surface area contributed by atoms with E-state index in [2.05, 4.69) is 9.97 Å². The van der Waals surface area contributed by atoms with Crippen LogP contribution in [-0.2, 0) is 0 Å². The molecule has 1 atom stereocenters. The van der Waals surface area contributed by atoms with Crippen molar-refractivity contribution in [3.8, 4) is 28.4 Å². The van der Waals surface area contributed by atoms with Gasteiger partial charge in [0.25, 0.3) is 0 Å². The van der Waals surface area contributed by atoms with Gasteiger partial charge in [0.2, 0.25) is 0 Å². The van der Waals surface area contributed by atoms with Crippen molar-refractivity contribution in [3.63, 3.8) is 0 Å². The Labute approximate surface area is 191 Å². The Kier molecular flexibility index (Phi) is 6.01. The number of benzene rings is 2. The van der Waals surface area contributed by atoms with Crippen molar-refractivity contribution in [3.05, 3.63) is 89.0 Å². The molecule has 0 saturated heterocycles. The van der Waals surface area contributed by atoms with Gasteiger partial charge in [0, 0.05) is 28.1 Å². The Bertz CT molecular complexity index is 1260. The fourth-order valence-corrected chi connectivity index (χ4v) is 3.84. The number of aromatic carboxylic acids is 1. The lowest BCUT2D eigenvalue weighted by Crippen LogP contribution is -2.03. The number of nitrogens with zero attached hydrogens (tertiary/aromatic N) is 2. The van der Waals surface area contributed by atoms with Gasteiger partial charge in [0.1, 0.15) is 23.1 Å². The Morgan fingerprint density at radius 2 is 1.69 bits per heavy atom. The Balaban J connectivity index is 1.86. The molecule has 2 aromatic heterocycles. The van der Waals surface area contributed by atoms with E-state index >= 15 is 0 Å². The first-order chi connectivity index (χ1) is 15.4. The van der Waals surface area contributed by atoms with E-state index in [0.29, 0.717) is 23.1 Å². The van der Waals surface area contributed by atoms with Gasteiger partial charge in [-0.2, -0.15) is 12.6 Å². The van der Waals surface area contributed by atoms with Crippen molar-refractivity contribution < 1.29 is 19.1 Å². The van der Waals surface area contributed by atoms with Gasteiger partial charge in [-0.15, -0.1) is 0 Å². The summed E-state index contributed by atoms with van der Waals surface area (Å²) in [6.07, 6.45) is 0. The molecule has 0 radical (unpaired) electrons. The molecule has 2 heterocycles. The van der Waals surface area contributed by atoms with Crippen LogP contribution in [0.5, 0.6) is 5.75 Å². The van der Waals surface area contributed by atoms with Gasteiger partial charge in [0.05, 0.1) is 17.9 Å². The van der Waals surface area contributed by atoms with E-state index in [1.807, 2.05) is 50.2 Å². The molecule has 0 spiro atoms. The molecule has 0 bridgehead atoms. The summed E-state index contributed by atoms with van der Waals surface area (Å²) in [4.78, 5) is 20.4. The van der Waals surface area contributed by atoms with Crippen molar-refractivity contribution >= 4 is 18.6 Å². The first-order valence-electron chi connectivity index (χ1n) is 9.98. The van der Waals surface area contributed by atoms with Crippen LogP contribution < -0.4 is 4.74 Å². The maximum atomic E-state index is 11.3. The van der Waals surface area contributed by atoms with Gasteiger partial charge in [0.15, 0.2) is 0 Å².